The number of ether oxygens (including phenoxy) is 1. The van der Waals surface area contributed by atoms with E-state index in [2.05, 4.69) is 12.6 Å². The SMILES string of the molecule is C=CCOc1ccc[c]c1F. The molecule has 0 heterocycles. The fourth-order valence-electron chi connectivity index (χ4n) is 0.661. The topological polar surface area (TPSA) is 9.23 Å². The van der Waals surface area contributed by atoms with Crippen molar-refractivity contribution in [2.75, 3.05) is 6.61 Å². The van der Waals surface area contributed by atoms with E-state index in [0.717, 1.165) is 0 Å². The second kappa shape index (κ2) is 3.76. The van der Waals surface area contributed by atoms with Crippen LogP contribution in [0.4, 0.5) is 4.39 Å². The summed E-state index contributed by atoms with van der Waals surface area (Å²) in [5, 5.41) is 0. The molecule has 0 bridgehead atoms. The van der Waals surface area contributed by atoms with Gasteiger partial charge in [0, 0.05) is 6.07 Å². The van der Waals surface area contributed by atoms with Crippen LogP contribution < -0.4 is 4.74 Å². The first-order valence-corrected chi connectivity index (χ1v) is 3.24. The van der Waals surface area contributed by atoms with E-state index >= 15 is 0 Å². The van der Waals surface area contributed by atoms with Gasteiger partial charge in [0.05, 0.1) is 0 Å². The van der Waals surface area contributed by atoms with Gasteiger partial charge in [-0.1, -0.05) is 24.8 Å². The molecule has 0 saturated heterocycles. The van der Waals surface area contributed by atoms with Crippen LogP contribution in [0.25, 0.3) is 0 Å². The van der Waals surface area contributed by atoms with E-state index in [1.807, 2.05) is 0 Å². The summed E-state index contributed by atoms with van der Waals surface area (Å²) in [7, 11) is 0. The Bertz CT molecular complexity index is 245. The molecule has 1 aromatic carbocycles. The molecule has 1 nitrogen and oxygen atoms in total. The molecule has 1 aromatic rings. The Kier molecular flexibility index (Phi) is 2.66. The second-order valence-electron chi connectivity index (χ2n) is 1.95. The summed E-state index contributed by atoms with van der Waals surface area (Å²) in [6.45, 7) is 3.76. The molecule has 0 atom stereocenters. The Balaban J connectivity index is 2.69. The third kappa shape index (κ3) is 2.08. The number of hydrogen-bond donors (Lipinski definition) is 0. The second-order valence-corrected chi connectivity index (χ2v) is 1.95. The Morgan fingerprint density at radius 2 is 2.55 bits per heavy atom. The molecular formula is C9H8FO. The lowest BCUT2D eigenvalue weighted by molar-refractivity contribution is 0.341. The van der Waals surface area contributed by atoms with Crippen molar-refractivity contribution in [3.8, 4) is 5.75 Å². The Morgan fingerprint density at radius 3 is 3.18 bits per heavy atom. The van der Waals surface area contributed by atoms with Crippen LogP contribution in [0.5, 0.6) is 5.75 Å². The number of rotatable bonds is 3. The van der Waals surface area contributed by atoms with Crippen molar-refractivity contribution in [2.45, 2.75) is 0 Å². The summed E-state index contributed by atoms with van der Waals surface area (Å²) < 4.78 is 17.7. The van der Waals surface area contributed by atoms with Crippen molar-refractivity contribution < 1.29 is 9.13 Å². The maximum Gasteiger partial charge on any atom is 0.172 e. The van der Waals surface area contributed by atoms with E-state index in [-0.39, 0.29) is 5.75 Å². The molecule has 0 fully saturated rings. The maximum atomic E-state index is 12.7. The van der Waals surface area contributed by atoms with E-state index in [1.54, 1.807) is 18.2 Å². The van der Waals surface area contributed by atoms with Crippen molar-refractivity contribution in [3.63, 3.8) is 0 Å². The first-order valence-electron chi connectivity index (χ1n) is 3.24. The van der Waals surface area contributed by atoms with Gasteiger partial charge in [-0.3, -0.25) is 0 Å². The number of halogens is 1. The third-order valence-electron chi connectivity index (χ3n) is 1.13. The zero-order valence-electron chi connectivity index (χ0n) is 6.01. The molecule has 11 heavy (non-hydrogen) atoms. The van der Waals surface area contributed by atoms with Gasteiger partial charge < -0.3 is 4.74 Å². The summed E-state index contributed by atoms with van der Waals surface area (Å²) in [6, 6.07) is 7.10. The molecule has 57 valence electrons. The van der Waals surface area contributed by atoms with Crippen molar-refractivity contribution in [1.29, 1.82) is 0 Å². The lowest BCUT2D eigenvalue weighted by Crippen LogP contribution is -1.94. The number of benzene rings is 1. The predicted octanol–water partition coefficient (Wildman–Crippen LogP) is 2.19. The predicted molar refractivity (Wildman–Crippen MR) is 40.9 cm³/mol. The normalized spacial score (nSPS) is 9.18. The fraction of sp³-hybridized carbons (Fsp3) is 0.111. The third-order valence-corrected chi connectivity index (χ3v) is 1.13. The van der Waals surface area contributed by atoms with Gasteiger partial charge in [0.2, 0.25) is 0 Å². The quantitative estimate of drug-likeness (QED) is 0.601. The van der Waals surface area contributed by atoms with Gasteiger partial charge >= 0.3 is 0 Å². The molecule has 0 saturated carbocycles. The molecule has 1 rings (SSSR count). The molecule has 2 heteroatoms. The standard InChI is InChI=1S/C9H8FO/c1-2-7-11-9-6-4-3-5-8(9)10/h2-4,6H,1,7H2. The molecule has 0 unspecified atom stereocenters. The lowest BCUT2D eigenvalue weighted by Gasteiger charge is -2.01. The molecule has 0 aliphatic heterocycles. The van der Waals surface area contributed by atoms with Crippen molar-refractivity contribution in [3.05, 3.63) is 42.7 Å². The van der Waals surface area contributed by atoms with E-state index < -0.39 is 5.82 Å². The Hall–Kier alpha value is -1.31. The van der Waals surface area contributed by atoms with Crippen LogP contribution in [0.3, 0.4) is 0 Å². The molecule has 0 aliphatic carbocycles. The van der Waals surface area contributed by atoms with Crippen LogP contribution >= 0.6 is 0 Å². The summed E-state index contributed by atoms with van der Waals surface area (Å²) in [6.07, 6.45) is 1.56. The van der Waals surface area contributed by atoms with E-state index in [0.29, 0.717) is 6.61 Å². The maximum absolute atomic E-state index is 12.7. The van der Waals surface area contributed by atoms with Crippen LogP contribution in [0.1, 0.15) is 0 Å². The molecular weight excluding hydrogens is 143 g/mol. The largest absolute Gasteiger partial charge is 0.486 e. The van der Waals surface area contributed by atoms with Gasteiger partial charge in [0.1, 0.15) is 6.61 Å². The van der Waals surface area contributed by atoms with Gasteiger partial charge in [0.25, 0.3) is 0 Å². The van der Waals surface area contributed by atoms with E-state index in [1.165, 1.54) is 6.07 Å². The summed E-state index contributed by atoms with van der Waals surface area (Å²) in [5.74, 6) is -0.248. The van der Waals surface area contributed by atoms with Gasteiger partial charge in [-0.2, -0.15) is 0 Å². The Labute approximate surface area is 65.1 Å². The first-order chi connectivity index (χ1) is 5.34. The van der Waals surface area contributed by atoms with Crippen LogP contribution in [0, 0.1) is 11.9 Å². The zero-order chi connectivity index (χ0) is 8.10. The van der Waals surface area contributed by atoms with Crippen LogP contribution in [-0.4, -0.2) is 6.61 Å². The van der Waals surface area contributed by atoms with E-state index in [9.17, 15) is 4.39 Å². The Morgan fingerprint density at radius 1 is 1.73 bits per heavy atom. The van der Waals surface area contributed by atoms with Crippen molar-refractivity contribution >= 4 is 0 Å². The number of hydrogen-bond acceptors (Lipinski definition) is 1. The van der Waals surface area contributed by atoms with Crippen LogP contribution in [0.15, 0.2) is 30.9 Å². The molecule has 0 N–H and O–H groups in total. The smallest absolute Gasteiger partial charge is 0.172 e. The summed E-state index contributed by atoms with van der Waals surface area (Å²) in [5.41, 5.74) is 0. The minimum atomic E-state index is -0.464. The highest BCUT2D eigenvalue weighted by Gasteiger charge is 1.98. The highest BCUT2D eigenvalue weighted by atomic mass is 19.1. The van der Waals surface area contributed by atoms with Gasteiger partial charge in [-0.25, -0.2) is 4.39 Å². The highest BCUT2D eigenvalue weighted by molar-refractivity contribution is 5.22. The van der Waals surface area contributed by atoms with Crippen LogP contribution in [-0.2, 0) is 0 Å². The zero-order valence-corrected chi connectivity index (χ0v) is 6.01. The van der Waals surface area contributed by atoms with Gasteiger partial charge in [-0.15, -0.1) is 0 Å². The minimum Gasteiger partial charge on any atom is -0.486 e. The van der Waals surface area contributed by atoms with Crippen molar-refractivity contribution in [2.24, 2.45) is 0 Å². The minimum absolute atomic E-state index is 0.215. The fourth-order valence-corrected chi connectivity index (χ4v) is 0.661. The van der Waals surface area contributed by atoms with E-state index in [4.69, 9.17) is 4.74 Å². The first kappa shape index (κ1) is 7.79. The average Bonchev–Trinajstić information content (AvgIpc) is 2.03. The summed E-state index contributed by atoms with van der Waals surface area (Å²) in [4.78, 5) is 0. The highest BCUT2D eigenvalue weighted by Crippen LogP contribution is 2.14. The van der Waals surface area contributed by atoms with Gasteiger partial charge in [-0.05, 0) is 6.07 Å². The molecule has 0 spiro atoms. The van der Waals surface area contributed by atoms with Crippen molar-refractivity contribution in [1.82, 2.24) is 0 Å². The monoisotopic (exact) mass is 151 g/mol. The molecule has 0 amide bonds. The molecule has 0 aliphatic rings. The van der Waals surface area contributed by atoms with Gasteiger partial charge in [0.15, 0.2) is 11.6 Å². The average molecular weight is 151 g/mol. The molecule has 1 radical (unpaired) electrons. The lowest BCUT2D eigenvalue weighted by atomic mass is 10.3. The summed E-state index contributed by atoms with van der Waals surface area (Å²) >= 11 is 0. The molecule has 0 aromatic heterocycles. The van der Waals surface area contributed by atoms with Crippen LogP contribution in [0.2, 0.25) is 0 Å².